The molecular formula is C27H23N5O4S2. The van der Waals surface area contributed by atoms with Crippen LogP contribution in [-0.4, -0.2) is 38.8 Å². The number of ether oxygens (including phenoxy) is 3. The fourth-order valence-corrected chi connectivity index (χ4v) is 6.66. The molecule has 38 heavy (non-hydrogen) atoms. The fourth-order valence-electron chi connectivity index (χ4n) is 4.88. The van der Waals surface area contributed by atoms with E-state index in [-0.39, 0.29) is 5.41 Å². The Morgan fingerprint density at radius 2 is 2.05 bits per heavy atom. The van der Waals surface area contributed by atoms with Gasteiger partial charge in [-0.15, -0.1) is 16.4 Å². The van der Waals surface area contributed by atoms with E-state index in [0.717, 1.165) is 33.9 Å². The number of aromatic nitrogens is 5. The summed E-state index contributed by atoms with van der Waals surface area (Å²) in [5, 5.41) is 8.95. The number of hydrogen-bond donors (Lipinski definition) is 0. The van der Waals surface area contributed by atoms with Crippen LogP contribution in [-0.2, 0) is 12.0 Å². The van der Waals surface area contributed by atoms with E-state index in [1.807, 2.05) is 42.9 Å². The molecule has 0 N–H and O–H groups in total. The third-order valence-electron chi connectivity index (χ3n) is 7.02. The Morgan fingerprint density at radius 1 is 1.13 bits per heavy atom. The van der Waals surface area contributed by atoms with Crippen LogP contribution in [0.25, 0.3) is 27.4 Å². The molecule has 7 rings (SSSR count). The maximum Gasteiger partial charge on any atom is 0.294 e. The van der Waals surface area contributed by atoms with Crippen molar-refractivity contribution < 1.29 is 18.6 Å². The van der Waals surface area contributed by atoms with Gasteiger partial charge in [-0.3, -0.25) is 4.98 Å². The second-order valence-corrected chi connectivity index (χ2v) is 11.0. The first-order valence-corrected chi connectivity index (χ1v) is 13.9. The van der Waals surface area contributed by atoms with Crippen LogP contribution in [0.2, 0.25) is 0 Å². The lowest BCUT2D eigenvalue weighted by Gasteiger charge is -2.40. The minimum atomic E-state index is -0.0307. The molecule has 11 heteroatoms. The van der Waals surface area contributed by atoms with E-state index in [4.69, 9.17) is 23.6 Å². The lowest BCUT2D eigenvalue weighted by Crippen LogP contribution is -2.35. The monoisotopic (exact) mass is 545 g/mol. The van der Waals surface area contributed by atoms with Crippen LogP contribution in [0.3, 0.4) is 0 Å². The second-order valence-electron chi connectivity index (χ2n) is 9.18. The Kier molecular flexibility index (Phi) is 5.55. The van der Waals surface area contributed by atoms with Gasteiger partial charge in [-0.25, -0.2) is 14.5 Å². The molecule has 0 atom stereocenters. The summed E-state index contributed by atoms with van der Waals surface area (Å²) in [4.78, 5) is 14.7. The molecule has 0 amide bonds. The Bertz CT molecular complexity index is 1720. The van der Waals surface area contributed by atoms with E-state index in [0.29, 0.717) is 40.3 Å². The topological polar surface area (TPSA) is 96.8 Å². The quantitative estimate of drug-likeness (QED) is 0.226. The smallest absolute Gasteiger partial charge is 0.294 e. The number of pyridine rings is 1. The van der Waals surface area contributed by atoms with Crippen molar-refractivity contribution in [1.29, 1.82) is 0 Å². The first kappa shape index (κ1) is 23.2. The lowest BCUT2D eigenvalue weighted by molar-refractivity contribution is 0.290. The van der Waals surface area contributed by atoms with Crippen molar-refractivity contribution in [3.63, 3.8) is 0 Å². The summed E-state index contributed by atoms with van der Waals surface area (Å²) in [6, 6.07) is 9.81. The van der Waals surface area contributed by atoms with E-state index in [1.54, 1.807) is 30.1 Å². The molecule has 9 nitrogen and oxygen atoms in total. The number of furan rings is 1. The first-order valence-electron chi connectivity index (χ1n) is 12.2. The van der Waals surface area contributed by atoms with Gasteiger partial charge in [-0.05, 0) is 41.9 Å². The maximum absolute atomic E-state index is 6.29. The lowest BCUT2D eigenvalue weighted by atomic mass is 9.65. The van der Waals surface area contributed by atoms with Gasteiger partial charge in [0.25, 0.3) is 5.19 Å². The average Bonchev–Trinajstić information content (AvgIpc) is 3.70. The molecule has 1 fully saturated rings. The van der Waals surface area contributed by atoms with Crippen molar-refractivity contribution in [3.8, 4) is 28.1 Å². The Labute approximate surface area is 225 Å². The predicted molar refractivity (Wildman–Crippen MR) is 144 cm³/mol. The molecule has 192 valence electrons. The summed E-state index contributed by atoms with van der Waals surface area (Å²) in [7, 11) is 3.21. The molecule has 5 aromatic heterocycles. The van der Waals surface area contributed by atoms with E-state index < -0.39 is 0 Å². The summed E-state index contributed by atoms with van der Waals surface area (Å²) in [5.74, 6) is 1.93. The van der Waals surface area contributed by atoms with Gasteiger partial charge in [0.05, 0.1) is 31.5 Å². The van der Waals surface area contributed by atoms with Gasteiger partial charge in [0.1, 0.15) is 34.4 Å². The van der Waals surface area contributed by atoms with Gasteiger partial charge in [-0.1, -0.05) is 12.5 Å². The highest BCUT2D eigenvalue weighted by atomic mass is 32.1. The molecule has 0 bridgehead atoms. The Hall–Kier alpha value is -3.96. The van der Waals surface area contributed by atoms with Crippen LogP contribution in [0.4, 0.5) is 0 Å². The molecule has 0 unspecified atom stereocenters. The summed E-state index contributed by atoms with van der Waals surface area (Å²) >= 11 is 3.06. The summed E-state index contributed by atoms with van der Waals surface area (Å²) < 4.78 is 24.8. The summed E-state index contributed by atoms with van der Waals surface area (Å²) in [6.45, 7) is 0.340. The van der Waals surface area contributed by atoms with E-state index in [2.05, 4.69) is 26.5 Å². The number of nitrogens with zero attached hydrogens (tertiary/aromatic N) is 5. The van der Waals surface area contributed by atoms with Gasteiger partial charge in [-0.2, -0.15) is 0 Å². The van der Waals surface area contributed by atoms with E-state index in [1.165, 1.54) is 23.3 Å². The van der Waals surface area contributed by atoms with Crippen molar-refractivity contribution >= 4 is 38.6 Å². The van der Waals surface area contributed by atoms with Crippen molar-refractivity contribution in [3.05, 3.63) is 70.6 Å². The van der Waals surface area contributed by atoms with Crippen molar-refractivity contribution in [1.82, 2.24) is 24.6 Å². The molecule has 1 aromatic carbocycles. The highest BCUT2D eigenvalue weighted by Crippen LogP contribution is 2.49. The molecule has 5 heterocycles. The second kappa shape index (κ2) is 9.10. The molecule has 1 aliphatic rings. The summed E-state index contributed by atoms with van der Waals surface area (Å²) in [6.07, 6.45) is 8.99. The molecule has 0 saturated heterocycles. The van der Waals surface area contributed by atoms with E-state index in [9.17, 15) is 0 Å². The predicted octanol–water partition coefficient (Wildman–Crippen LogP) is 6.12. The highest BCUT2D eigenvalue weighted by Gasteiger charge is 2.43. The standard InChI is InChI=1S/C27H23N5O4S2/c1-33-18-9-21(19-11-23(36-22(19)10-18)20-13-32-25(30-20)38-26(31-32)34-2)35-14-17-15-37-24(29-17)27(6-4-7-27)16-5-3-8-28-12-16/h3,5,8-13,15H,4,6-7,14H2,1-2H3. The number of rotatable bonds is 8. The zero-order valence-corrected chi connectivity index (χ0v) is 22.3. The minimum absolute atomic E-state index is 0.0307. The number of imidazole rings is 1. The molecule has 0 spiro atoms. The van der Waals surface area contributed by atoms with Crippen LogP contribution in [0.15, 0.2) is 58.7 Å². The van der Waals surface area contributed by atoms with Crippen LogP contribution in [0, 0.1) is 0 Å². The van der Waals surface area contributed by atoms with Gasteiger partial charge in [0, 0.05) is 35.3 Å². The number of fused-ring (bicyclic) bond motifs is 2. The van der Waals surface area contributed by atoms with Gasteiger partial charge < -0.3 is 18.6 Å². The third kappa shape index (κ3) is 3.81. The molecule has 6 aromatic rings. The fraction of sp³-hybridized carbons (Fsp3) is 0.259. The van der Waals surface area contributed by atoms with Gasteiger partial charge >= 0.3 is 0 Å². The molecule has 1 aliphatic carbocycles. The van der Waals surface area contributed by atoms with Crippen molar-refractivity contribution in [2.24, 2.45) is 0 Å². The van der Waals surface area contributed by atoms with Gasteiger partial charge in [0.2, 0.25) is 4.96 Å². The number of benzene rings is 1. The molecule has 1 saturated carbocycles. The number of thiazole rings is 1. The third-order valence-corrected chi connectivity index (χ3v) is 9.00. The average molecular weight is 546 g/mol. The van der Waals surface area contributed by atoms with Crippen LogP contribution < -0.4 is 14.2 Å². The zero-order chi connectivity index (χ0) is 25.7. The van der Waals surface area contributed by atoms with Crippen LogP contribution in [0.5, 0.6) is 16.7 Å². The largest absolute Gasteiger partial charge is 0.496 e. The molecule has 0 radical (unpaired) electrons. The zero-order valence-electron chi connectivity index (χ0n) is 20.7. The number of hydrogen-bond acceptors (Lipinski definition) is 10. The maximum atomic E-state index is 6.29. The van der Waals surface area contributed by atoms with E-state index >= 15 is 0 Å². The van der Waals surface area contributed by atoms with Crippen molar-refractivity contribution in [2.75, 3.05) is 14.2 Å². The van der Waals surface area contributed by atoms with Crippen LogP contribution >= 0.6 is 22.7 Å². The van der Waals surface area contributed by atoms with Crippen LogP contribution in [0.1, 0.15) is 35.5 Å². The van der Waals surface area contributed by atoms with Crippen molar-refractivity contribution in [2.45, 2.75) is 31.3 Å². The molecule has 0 aliphatic heterocycles. The number of methoxy groups -OCH3 is 2. The minimum Gasteiger partial charge on any atom is -0.496 e. The summed E-state index contributed by atoms with van der Waals surface area (Å²) in [5.41, 5.74) is 3.44. The van der Waals surface area contributed by atoms with Gasteiger partial charge in [0.15, 0.2) is 5.76 Å². The SMILES string of the molecule is COc1cc(OCc2csc(C3(c4cccnc4)CCC3)n2)c2cc(-c3cn4nc(OC)sc4n3)oc2c1. The normalized spacial score (nSPS) is 14.6. The Morgan fingerprint density at radius 3 is 2.79 bits per heavy atom. The first-order chi connectivity index (χ1) is 18.6. The molecular weight excluding hydrogens is 522 g/mol. The highest BCUT2D eigenvalue weighted by molar-refractivity contribution is 7.18. The Balaban J connectivity index is 1.17.